The number of likely N-dealkylation sites (N-methyl/N-ethyl adjacent to an activating group) is 1. The van der Waals surface area contributed by atoms with Gasteiger partial charge in [-0.3, -0.25) is 4.98 Å². The molecule has 0 aromatic carbocycles. The molecule has 0 amide bonds. The molecule has 0 saturated carbocycles. The van der Waals surface area contributed by atoms with Crippen LogP contribution >= 0.6 is 11.3 Å². The molecule has 0 fully saturated rings. The second kappa shape index (κ2) is 7.01. The van der Waals surface area contributed by atoms with Gasteiger partial charge in [0.2, 0.25) is 0 Å². The molecule has 1 N–H and O–H groups in total. The molecule has 0 aliphatic heterocycles. The van der Waals surface area contributed by atoms with Gasteiger partial charge in [-0.1, -0.05) is 32.1 Å². The van der Waals surface area contributed by atoms with Gasteiger partial charge in [0.1, 0.15) is 0 Å². The van der Waals surface area contributed by atoms with Crippen molar-refractivity contribution < 1.29 is 0 Å². The van der Waals surface area contributed by atoms with Crippen LogP contribution in [0.4, 0.5) is 0 Å². The Hall–Kier alpha value is -1.35. The smallest absolute Gasteiger partial charge is 0.0797 e. The average molecular weight is 234 g/mol. The number of hydrogen-bond acceptors (Lipinski definition) is 3. The van der Waals surface area contributed by atoms with E-state index < -0.39 is 0 Å². The maximum atomic E-state index is 4.10. The summed E-state index contributed by atoms with van der Waals surface area (Å²) in [5, 5.41) is 3.00. The van der Waals surface area contributed by atoms with Crippen molar-refractivity contribution in [3.05, 3.63) is 47.1 Å². The maximum Gasteiger partial charge on any atom is 0.0797 e. The zero-order chi connectivity index (χ0) is 11.8. The third kappa shape index (κ3) is 4.03. The number of thiazole rings is 1. The van der Waals surface area contributed by atoms with Crippen LogP contribution in [0.15, 0.2) is 42.2 Å². The summed E-state index contributed by atoms with van der Waals surface area (Å²) in [4.78, 5) is 5.31. The molecule has 1 aromatic rings. The van der Waals surface area contributed by atoms with Gasteiger partial charge in [0.05, 0.1) is 10.4 Å². The molecule has 86 valence electrons. The summed E-state index contributed by atoms with van der Waals surface area (Å²) in [7, 11) is 1.87. The molecule has 2 nitrogen and oxygen atoms in total. The Morgan fingerprint density at radius 1 is 1.56 bits per heavy atom. The van der Waals surface area contributed by atoms with Gasteiger partial charge in [0, 0.05) is 18.9 Å². The molecule has 1 heterocycles. The molecule has 0 aliphatic rings. The predicted molar refractivity (Wildman–Crippen MR) is 72.3 cm³/mol. The first kappa shape index (κ1) is 12.7. The van der Waals surface area contributed by atoms with Gasteiger partial charge in [-0.2, -0.15) is 0 Å². The monoisotopic (exact) mass is 234 g/mol. The summed E-state index contributed by atoms with van der Waals surface area (Å²) in [6, 6.07) is 0. The van der Waals surface area contributed by atoms with Crippen LogP contribution in [-0.4, -0.2) is 12.0 Å². The normalized spacial score (nSPS) is 12.0. The lowest BCUT2D eigenvalue weighted by atomic mass is 10.1. The van der Waals surface area contributed by atoms with Crippen LogP contribution in [0, 0.1) is 0 Å². The fraction of sp³-hybridized carbons (Fsp3) is 0.308. The highest BCUT2D eigenvalue weighted by molar-refractivity contribution is 7.10. The van der Waals surface area contributed by atoms with E-state index in [9.17, 15) is 0 Å². The van der Waals surface area contributed by atoms with Crippen LogP contribution in [0.1, 0.15) is 24.6 Å². The summed E-state index contributed by atoms with van der Waals surface area (Å²) >= 11 is 1.66. The molecule has 0 bridgehead atoms. The fourth-order valence-corrected chi connectivity index (χ4v) is 1.83. The number of rotatable bonds is 6. The summed E-state index contributed by atoms with van der Waals surface area (Å²) in [6.45, 7) is 6.05. The first-order chi connectivity index (χ1) is 7.77. The summed E-state index contributed by atoms with van der Waals surface area (Å²) < 4.78 is 0. The van der Waals surface area contributed by atoms with Crippen molar-refractivity contribution in [3.63, 3.8) is 0 Å². The van der Waals surface area contributed by atoms with E-state index in [0.29, 0.717) is 0 Å². The number of unbranched alkanes of at least 4 members (excludes halogenated alkanes) is 1. The summed E-state index contributed by atoms with van der Waals surface area (Å²) in [6.07, 6.45) is 10.5. The van der Waals surface area contributed by atoms with Gasteiger partial charge in [-0.25, -0.2) is 0 Å². The van der Waals surface area contributed by atoms with Crippen molar-refractivity contribution >= 4 is 16.9 Å². The number of aromatic nitrogens is 1. The van der Waals surface area contributed by atoms with Crippen molar-refractivity contribution in [2.75, 3.05) is 7.05 Å². The quantitative estimate of drug-likeness (QED) is 0.760. The molecule has 0 atom stereocenters. The van der Waals surface area contributed by atoms with Crippen LogP contribution in [-0.2, 0) is 0 Å². The van der Waals surface area contributed by atoms with Gasteiger partial charge in [-0.15, -0.1) is 11.3 Å². The largest absolute Gasteiger partial charge is 0.389 e. The van der Waals surface area contributed by atoms with Crippen molar-refractivity contribution in [1.82, 2.24) is 10.3 Å². The molecule has 1 rings (SSSR count). The molecule has 3 heteroatoms. The minimum absolute atomic E-state index is 0.909. The lowest BCUT2D eigenvalue weighted by Crippen LogP contribution is -2.00. The highest BCUT2D eigenvalue weighted by Crippen LogP contribution is 2.21. The zero-order valence-electron chi connectivity index (χ0n) is 9.86. The van der Waals surface area contributed by atoms with E-state index in [1.165, 1.54) is 10.5 Å². The Morgan fingerprint density at radius 3 is 2.94 bits per heavy atom. The molecule has 0 aliphatic carbocycles. The van der Waals surface area contributed by atoms with Crippen molar-refractivity contribution in [3.8, 4) is 0 Å². The molecule has 16 heavy (non-hydrogen) atoms. The SMILES string of the molecule is C=C(/C=C\C(=C/CCC)c1cncs1)NC. The van der Waals surface area contributed by atoms with Crippen molar-refractivity contribution in [2.24, 2.45) is 0 Å². The average Bonchev–Trinajstić information content (AvgIpc) is 2.82. The predicted octanol–water partition coefficient (Wildman–Crippen LogP) is 3.62. The number of nitrogens with zero attached hydrogens (tertiary/aromatic N) is 1. The van der Waals surface area contributed by atoms with Gasteiger partial charge in [0.15, 0.2) is 0 Å². The molecule has 0 saturated heterocycles. The molecule has 0 unspecified atom stereocenters. The second-order valence-electron chi connectivity index (χ2n) is 3.42. The van der Waals surface area contributed by atoms with E-state index in [0.717, 1.165) is 18.5 Å². The maximum absolute atomic E-state index is 4.10. The van der Waals surface area contributed by atoms with E-state index in [4.69, 9.17) is 0 Å². The van der Waals surface area contributed by atoms with Crippen molar-refractivity contribution in [1.29, 1.82) is 0 Å². The lowest BCUT2D eigenvalue weighted by Gasteiger charge is -2.00. The van der Waals surface area contributed by atoms with Crippen LogP contribution in [0.5, 0.6) is 0 Å². The van der Waals surface area contributed by atoms with E-state index in [2.05, 4.69) is 36.0 Å². The van der Waals surface area contributed by atoms with Gasteiger partial charge < -0.3 is 5.32 Å². The molecule has 0 radical (unpaired) electrons. The van der Waals surface area contributed by atoms with Gasteiger partial charge >= 0.3 is 0 Å². The Labute approximate surface area is 101 Å². The standard InChI is InChI=1S/C13H18N2S/c1-4-5-6-12(8-7-11(2)14-3)13-9-15-10-16-13/h6-10,14H,2,4-5H2,1,3H3/b8-7-,12-6+. The first-order valence-electron chi connectivity index (χ1n) is 5.41. The number of hydrogen-bond donors (Lipinski definition) is 1. The summed E-state index contributed by atoms with van der Waals surface area (Å²) in [5.74, 6) is 0. The minimum Gasteiger partial charge on any atom is -0.389 e. The lowest BCUT2D eigenvalue weighted by molar-refractivity contribution is 0.960. The van der Waals surface area contributed by atoms with Gasteiger partial charge in [0.25, 0.3) is 0 Å². The van der Waals surface area contributed by atoms with Crippen molar-refractivity contribution in [2.45, 2.75) is 19.8 Å². The Bertz CT molecular complexity index is 375. The van der Waals surface area contributed by atoms with Crippen LogP contribution in [0.3, 0.4) is 0 Å². The van der Waals surface area contributed by atoms with Gasteiger partial charge in [-0.05, 0) is 18.1 Å². The van der Waals surface area contributed by atoms with E-state index in [-0.39, 0.29) is 0 Å². The Morgan fingerprint density at radius 2 is 2.38 bits per heavy atom. The zero-order valence-corrected chi connectivity index (χ0v) is 10.7. The third-order valence-electron chi connectivity index (χ3n) is 2.15. The van der Waals surface area contributed by atoms with E-state index in [1.807, 2.05) is 24.8 Å². The first-order valence-corrected chi connectivity index (χ1v) is 6.29. The van der Waals surface area contributed by atoms with Crippen LogP contribution in [0.25, 0.3) is 5.57 Å². The topological polar surface area (TPSA) is 24.9 Å². The minimum atomic E-state index is 0.909. The molecule has 0 spiro atoms. The highest BCUT2D eigenvalue weighted by atomic mass is 32.1. The fourth-order valence-electron chi connectivity index (χ4n) is 1.18. The van der Waals surface area contributed by atoms with Crippen LogP contribution < -0.4 is 5.32 Å². The molecule has 1 aromatic heterocycles. The summed E-state index contributed by atoms with van der Waals surface area (Å²) in [5.41, 5.74) is 3.99. The van der Waals surface area contributed by atoms with E-state index in [1.54, 1.807) is 11.3 Å². The van der Waals surface area contributed by atoms with Crippen LogP contribution in [0.2, 0.25) is 0 Å². The Balaban J connectivity index is 2.81. The molecular formula is C13H18N2S. The molecular weight excluding hydrogens is 216 g/mol. The number of nitrogens with one attached hydrogen (secondary N) is 1. The highest BCUT2D eigenvalue weighted by Gasteiger charge is 1.98. The third-order valence-corrected chi connectivity index (χ3v) is 2.98. The Kier molecular flexibility index (Phi) is 5.57. The van der Waals surface area contributed by atoms with E-state index >= 15 is 0 Å². The number of allylic oxidation sites excluding steroid dienone is 4. The second-order valence-corrected chi connectivity index (χ2v) is 4.31.